The van der Waals surface area contributed by atoms with Crippen molar-refractivity contribution in [3.05, 3.63) is 48.0 Å². The summed E-state index contributed by atoms with van der Waals surface area (Å²) < 4.78 is 34.8. The molecule has 0 aromatic heterocycles. The van der Waals surface area contributed by atoms with E-state index in [9.17, 15) is 23.6 Å². The van der Waals surface area contributed by atoms with E-state index in [-0.39, 0.29) is 35.6 Å². The number of rotatable bonds is 6. The zero-order valence-corrected chi connectivity index (χ0v) is 20.7. The Morgan fingerprint density at radius 1 is 1.29 bits per heavy atom. The number of nitriles is 1. The maximum atomic E-state index is 13.6. The number of benzene rings is 2. The summed E-state index contributed by atoms with van der Waals surface area (Å²) in [6, 6.07) is 13.4. The van der Waals surface area contributed by atoms with Crippen LogP contribution >= 0.6 is 0 Å². The molecule has 0 unspecified atom stereocenters. The van der Waals surface area contributed by atoms with Crippen molar-refractivity contribution in [3.63, 3.8) is 0 Å². The van der Waals surface area contributed by atoms with Crippen LogP contribution in [-0.4, -0.2) is 67.5 Å². The van der Waals surface area contributed by atoms with E-state index in [4.69, 9.17) is 4.74 Å². The summed E-state index contributed by atoms with van der Waals surface area (Å²) >= 11 is 0. The molecule has 3 rings (SSSR count). The van der Waals surface area contributed by atoms with E-state index in [2.05, 4.69) is 6.07 Å². The molecule has 0 saturated carbocycles. The number of aliphatic hydroxyl groups excluding tert-OH is 1. The third-order valence-corrected chi connectivity index (χ3v) is 8.19. The third kappa shape index (κ3) is 5.25. The van der Waals surface area contributed by atoms with Gasteiger partial charge in [0.05, 0.1) is 24.8 Å². The summed E-state index contributed by atoms with van der Waals surface area (Å²) in [4.78, 5) is 13.8. The fraction of sp³-hybridized carbons (Fsp3) is 0.440. The van der Waals surface area contributed by atoms with Crippen LogP contribution in [0.25, 0.3) is 11.1 Å². The van der Waals surface area contributed by atoms with E-state index >= 15 is 0 Å². The monoisotopic (exact) mass is 485 g/mol. The van der Waals surface area contributed by atoms with Gasteiger partial charge in [-0.25, -0.2) is 8.42 Å². The predicted octanol–water partition coefficient (Wildman–Crippen LogP) is 2.86. The molecule has 1 aliphatic heterocycles. The van der Waals surface area contributed by atoms with Crippen LogP contribution in [0.2, 0.25) is 0 Å². The SMILES string of the molecule is CCC(=O)N(C)C[C@H]1Oc2cc(-c3cccc(C#N)c3)ccc2S(=O)(=O)N([C@@H](C)CO)C[C@@H]1C. The molecule has 9 heteroatoms. The summed E-state index contributed by atoms with van der Waals surface area (Å²) in [5.41, 5.74) is 1.96. The van der Waals surface area contributed by atoms with Gasteiger partial charge in [0.15, 0.2) is 0 Å². The van der Waals surface area contributed by atoms with Crippen LogP contribution in [0.1, 0.15) is 32.8 Å². The zero-order chi connectivity index (χ0) is 25.0. The second-order valence-electron chi connectivity index (χ2n) is 8.72. The van der Waals surface area contributed by atoms with Gasteiger partial charge in [0.25, 0.3) is 0 Å². The molecule has 1 amide bonds. The molecule has 1 heterocycles. The molecule has 0 aliphatic carbocycles. The highest BCUT2D eigenvalue weighted by molar-refractivity contribution is 7.89. The average molecular weight is 486 g/mol. The first-order valence-electron chi connectivity index (χ1n) is 11.3. The van der Waals surface area contributed by atoms with Gasteiger partial charge in [0.1, 0.15) is 16.7 Å². The largest absolute Gasteiger partial charge is 0.487 e. The maximum Gasteiger partial charge on any atom is 0.247 e. The number of likely N-dealkylation sites (N-methyl/N-ethyl adjacent to an activating group) is 1. The molecule has 34 heavy (non-hydrogen) atoms. The Hall–Kier alpha value is -2.93. The van der Waals surface area contributed by atoms with Crippen LogP contribution in [-0.2, 0) is 14.8 Å². The van der Waals surface area contributed by atoms with Gasteiger partial charge in [-0.15, -0.1) is 0 Å². The molecular weight excluding hydrogens is 454 g/mol. The number of hydrogen-bond donors (Lipinski definition) is 1. The third-order valence-electron chi connectivity index (χ3n) is 6.17. The van der Waals surface area contributed by atoms with Gasteiger partial charge in [-0.1, -0.05) is 32.0 Å². The molecule has 0 bridgehead atoms. The number of aliphatic hydroxyl groups is 1. The van der Waals surface area contributed by atoms with Crippen molar-refractivity contribution >= 4 is 15.9 Å². The molecule has 0 radical (unpaired) electrons. The highest BCUT2D eigenvalue weighted by Crippen LogP contribution is 2.36. The van der Waals surface area contributed by atoms with Gasteiger partial charge in [0, 0.05) is 32.0 Å². The standard InChI is InChI=1S/C25H31N3O5S/c1-5-25(30)27(4)15-23-17(2)14-28(18(3)16-29)34(31,32)24-10-9-21(12-22(24)33-23)20-8-6-7-19(11-20)13-26/h6-12,17-18,23,29H,5,14-16H2,1-4H3/t17-,18-,23+/m0/s1. The summed E-state index contributed by atoms with van der Waals surface area (Å²) in [5, 5.41) is 19.0. The predicted molar refractivity (Wildman–Crippen MR) is 129 cm³/mol. The van der Waals surface area contributed by atoms with Crippen molar-refractivity contribution in [3.8, 4) is 22.9 Å². The number of amides is 1. The number of carbonyl (C=O) groups is 1. The molecule has 182 valence electrons. The minimum absolute atomic E-state index is 0.00867. The maximum absolute atomic E-state index is 13.6. The van der Waals surface area contributed by atoms with Crippen LogP contribution in [0.5, 0.6) is 5.75 Å². The van der Waals surface area contributed by atoms with Crippen LogP contribution in [0.15, 0.2) is 47.4 Å². The van der Waals surface area contributed by atoms with Crippen molar-refractivity contribution < 1.29 is 23.1 Å². The molecule has 0 spiro atoms. The first-order chi connectivity index (χ1) is 16.1. The first kappa shape index (κ1) is 25.7. The summed E-state index contributed by atoms with van der Waals surface area (Å²) in [6.07, 6.45) is -0.112. The number of nitrogens with zero attached hydrogens (tertiary/aromatic N) is 3. The van der Waals surface area contributed by atoms with E-state index in [1.165, 1.54) is 10.4 Å². The quantitative estimate of drug-likeness (QED) is 0.674. The summed E-state index contributed by atoms with van der Waals surface area (Å²) in [5.74, 6) is -0.105. The Labute approximate surface area is 201 Å². The van der Waals surface area contributed by atoms with Crippen molar-refractivity contribution in [2.45, 2.75) is 44.2 Å². The minimum Gasteiger partial charge on any atom is -0.487 e. The molecule has 3 atom stereocenters. The van der Waals surface area contributed by atoms with E-state index in [0.717, 1.165) is 5.56 Å². The molecule has 1 N–H and O–H groups in total. The fourth-order valence-electron chi connectivity index (χ4n) is 4.03. The molecule has 0 saturated heterocycles. The normalized spacial score (nSPS) is 20.7. The Morgan fingerprint density at radius 3 is 2.65 bits per heavy atom. The van der Waals surface area contributed by atoms with Crippen LogP contribution in [0, 0.1) is 17.2 Å². The van der Waals surface area contributed by atoms with E-state index in [0.29, 0.717) is 24.1 Å². The lowest BCUT2D eigenvalue weighted by atomic mass is 10.0. The van der Waals surface area contributed by atoms with Gasteiger partial charge in [0.2, 0.25) is 15.9 Å². The smallest absolute Gasteiger partial charge is 0.247 e. The molecule has 2 aromatic rings. The molecule has 2 aromatic carbocycles. The average Bonchev–Trinajstić information content (AvgIpc) is 2.84. The molecule has 0 fully saturated rings. The summed E-state index contributed by atoms with van der Waals surface area (Å²) in [6.45, 7) is 5.45. The van der Waals surface area contributed by atoms with Crippen LogP contribution in [0.3, 0.4) is 0 Å². The number of carbonyl (C=O) groups excluding carboxylic acids is 1. The number of ether oxygens (including phenoxy) is 1. The summed E-state index contributed by atoms with van der Waals surface area (Å²) in [7, 11) is -2.25. The van der Waals surface area contributed by atoms with Gasteiger partial charge >= 0.3 is 0 Å². The Kier molecular flexibility index (Phi) is 7.97. The van der Waals surface area contributed by atoms with Gasteiger partial charge in [-0.3, -0.25) is 4.79 Å². The van der Waals surface area contributed by atoms with E-state index in [1.54, 1.807) is 56.1 Å². The number of fused-ring (bicyclic) bond motifs is 1. The van der Waals surface area contributed by atoms with Crippen LogP contribution < -0.4 is 4.74 Å². The van der Waals surface area contributed by atoms with Crippen molar-refractivity contribution in [1.29, 1.82) is 5.26 Å². The lowest BCUT2D eigenvalue weighted by Gasteiger charge is -2.37. The molecule has 8 nitrogen and oxygen atoms in total. The van der Waals surface area contributed by atoms with Crippen molar-refractivity contribution in [2.24, 2.45) is 5.92 Å². The van der Waals surface area contributed by atoms with E-state index in [1.807, 2.05) is 13.0 Å². The fourth-order valence-corrected chi connectivity index (χ4v) is 5.86. The second-order valence-corrected chi connectivity index (χ2v) is 10.6. The van der Waals surface area contributed by atoms with Crippen LogP contribution in [0.4, 0.5) is 0 Å². The Balaban J connectivity index is 2.13. The molecular formula is C25H31N3O5S. The van der Waals surface area contributed by atoms with Crippen molar-refractivity contribution in [1.82, 2.24) is 9.21 Å². The van der Waals surface area contributed by atoms with Gasteiger partial charge in [-0.05, 0) is 42.3 Å². The number of sulfonamides is 1. The Morgan fingerprint density at radius 2 is 2.00 bits per heavy atom. The Bertz CT molecular complexity index is 1190. The van der Waals surface area contributed by atoms with Gasteiger partial charge in [-0.2, -0.15) is 9.57 Å². The van der Waals surface area contributed by atoms with Gasteiger partial charge < -0.3 is 14.7 Å². The first-order valence-corrected chi connectivity index (χ1v) is 12.7. The lowest BCUT2D eigenvalue weighted by molar-refractivity contribution is -0.131. The van der Waals surface area contributed by atoms with E-state index < -0.39 is 22.2 Å². The lowest BCUT2D eigenvalue weighted by Crippen LogP contribution is -2.50. The van der Waals surface area contributed by atoms with Crippen molar-refractivity contribution in [2.75, 3.05) is 26.7 Å². The number of hydrogen-bond acceptors (Lipinski definition) is 6. The highest BCUT2D eigenvalue weighted by atomic mass is 32.2. The highest BCUT2D eigenvalue weighted by Gasteiger charge is 2.38. The minimum atomic E-state index is -3.96. The molecule has 1 aliphatic rings. The zero-order valence-electron chi connectivity index (χ0n) is 19.9. The topological polar surface area (TPSA) is 111 Å². The second kappa shape index (κ2) is 10.6.